The van der Waals surface area contributed by atoms with Crippen LogP contribution < -0.4 is 15.4 Å². The lowest BCUT2D eigenvalue weighted by atomic mass is 10.1. The maximum Gasteiger partial charge on any atom is 0.353 e. The molecule has 1 atom stereocenters. The highest BCUT2D eigenvalue weighted by Gasteiger charge is 2.25. The fraction of sp³-hybridized carbons (Fsp3) is 0.200. The van der Waals surface area contributed by atoms with Crippen LogP contribution in [0.4, 0.5) is 23.0 Å². The quantitative estimate of drug-likeness (QED) is 0.432. The van der Waals surface area contributed by atoms with Gasteiger partial charge >= 0.3 is 5.69 Å². The number of para-hydroxylation sites is 2. The number of anilines is 3. The topological polar surface area (TPSA) is 102 Å². The highest BCUT2D eigenvalue weighted by Crippen LogP contribution is 2.35. The van der Waals surface area contributed by atoms with Crippen LogP contribution in [0.5, 0.6) is 5.75 Å². The number of aromatic nitrogens is 2. The van der Waals surface area contributed by atoms with Crippen LogP contribution in [0.3, 0.4) is 0 Å². The van der Waals surface area contributed by atoms with E-state index in [2.05, 4.69) is 20.6 Å². The summed E-state index contributed by atoms with van der Waals surface area (Å²) >= 11 is 0. The maximum atomic E-state index is 11.8. The van der Waals surface area contributed by atoms with Gasteiger partial charge in [0, 0.05) is 0 Å². The third-order valence-corrected chi connectivity index (χ3v) is 4.10. The van der Waals surface area contributed by atoms with Crippen molar-refractivity contribution in [3.8, 4) is 5.75 Å². The zero-order valence-corrected chi connectivity index (χ0v) is 15.6. The minimum absolute atomic E-state index is 0.0925. The van der Waals surface area contributed by atoms with Crippen molar-refractivity contribution in [1.82, 2.24) is 9.97 Å². The molecule has 0 aliphatic carbocycles. The van der Waals surface area contributed by atoms with Crippen LogP contribution in [0.25, 0.3) is 0 Å². The third-order valence-electron chi connectivity index (χ3n) is 4.10. The van der Waals surface area contributed by atoms with Gasteiger partial charge in [0.1, 0.15) is 12.1 Å². The Balaban J connectivity index is 1.93. The van der Waals surface area contributed by atoms with E-state index in [4.69, 9.17) is 4.74 Å². The SMILES string of the molecule is CCOc1ccccc1Nc1ncnc(NC(C)c2ccccc2)c1[N+](=O)[O-]. The average molecular weight is 379 g/mol. The second kappa shape index (κ2) is 8.81. The summed E-state index contributed by atoms with van der Waals surface area (Å²) in [6.45, 7) is 4.27. The van der Waals surface area contributed by atoms with Crippen molar-refractivity contribution in [1.29, 1.82) is 0 Å². The van der Waals surface area contributed by atoms with Crippen molar-refractivity contribution in [3.63, 3.8) is 0 Å². The van der Waals surface area contributed by atoms with Gasteiger partial charge in [-0.3, -0.25) is 10.1 Å². The van der Waals surface area contributed by atoms with Crippen molar-refractivity contribution in [2.75, 3.05) is 17.2 Å². The van der Waals surface area contributed by atoms with E-state index in [-0.39, 0.29) is 23.4 Å². The largest absolute Gasteiger partial charge is 0.492 e. The number of nitrogens with zero attached hydrogens (tertiary/aromatic N) is 3. The van der Waals surface area contributed by atoms with Gasteiger partial charge in [0.15, 0.2) is 0 Å². The first kappa shape index (κ1) is 19.1. The molecule has 1 unspecified atom stereocenters. The molecule has 144 valence electrons. The van der Waals surface area contributed by atoms with Gasteiger partial charge < -0.3 is 15.4 Å². The molecular formula is C20H21N5O3. The molecule has 0 bridgehead atoms. The highest BCUT2D eigenvalue weighted by atomic mass is 16.6. The number of hydrogen-bond acceptors (Lipinski definition) is 7. The van der Waals surface area contributed by atoms with Crippen molar-refractivity contribution < 1.29 is 9.66 Å². The summed E-state index contributed by atoms with van der Waals surface area (Å²) in [5.74, 6) is 0.827. The van der Waals surface area contributed by atoms with Crippen molar-refractivity contribution in [3.05, 3.63) is 76.6 Å². The number of ether oxygens (including phenoxy) is 1. The Kier molecular flexibility index (Phi) is 6.01. The van der Waals surface area contributed by atoms with Crippen LogP contribution in [0.1, 0.15) is 25.5 Å². The Morgan fingerprint density at radius 3 is 2.46 bits per heavy atom. The minimum atomic E-state index is -0.494. The Bertz CT molecular complexity index is 950. The molecule has 0 aliphatic rings. The van der Waals surface area contributed by atoms with E-state index < -0.39 is 4.92 Å². The van der Waals surface area contributed by atoms with Gasteiger partial charge in [-0.15, -0.1) is 0 Å². The van der Waals surface area contributed by atoms with Gasteiger partial charge in [0.25, 0.3) is 0 Å². The van der Waals surface area contributed by atoms with Crippen LogP contribution in [0, 0.1) is 10.1 Å². The number of nitro groups is 1. The second-order valence-electron chi connectivity index (χ2n) is 6.01. The normalized spacial score (nSPS) is 11.5. The molecule has 0 aliphatic heterocycles. The van der Waals surface area contributed by atoms with Crippen LogP contribution in [-0.2, 0) is 0 Å². The van der Waals surface area contributed by atoms with Gasteiger partial charge in [-0.25, -0.2) is 9.97 Å². The van der Waals surface area contributed by atoms with Gasteiger partial charge in [-0.2, -0.15) is 0 Å². The molecule has 2 N–H and O–H groups in total. The predicted octanol–water partition coefficient (Wildman–Crippen LogP) is 4.70. The number of nitrogens with one attached hydrogen (secondary N) is 2. The molecule has 0 fully saturated rings. The van der Waals surface area contributed by atoms with E-state index >= 15 is 0 Å². The van der Waals surface area contributed by atoms with Gasteiger partial charge in [-0.05, 0) is 31.5 Å². The first-order valence-electron chi connectivity index (χ1n) is 8.90. The van der Waals surface area contributed by atoms with E-state index in [1.165, 1.54) is 6.33 Å². The van der Waals surface area contributed by atoms with Crippen LogP contribution in [0.15, 0.2) is 60.9 Å². The standard InChI is InChI=1S/C20H21N5O3/c1-3-28-17-12-8-7-11-16(17)24-20-18(25(26)27)19(21-13-22-20)23-14(2)15-9-5-4-6-10-15/h4-14H,3H2,1-2H3,(H2,21,22,23,24). The lowest BCUT2D eigenvalue weighted by molar-refractivity contribution is -0.383. The molecule has 0 spiro atoms. The van der Waals surface area contributed by atoms with E-state index in [1.54, 1.807) is 12.1 Å². The van der Waals surface area contributed by atoms with Gasteiger partial charge in [-0.1, -0.05) is 42.5 Å². The maximum absolute atomic E-state index is 11.8. The Labute approximate surface area is 162 Å². The Morgan fingerprint density at radius 2 is 1.75 bits per heavy atom. The van der Waals surface area contributed by atoms with Crippen LogP contribution >= 0.6 is 0 Å². The molecule has 28 heavy (non-hydrogen) atoms. The summed E-state index contributed by atoms with van der Waals surface area (Å²) in [6, 6.07) is 16.7. The van der Waals surface area contributed by atoms with E-state index in [0.717, 1.165) is 5.56 Å². The minimum Gasteiger partial charge on any atom is -0.492 e. The molecule has 3 aromatic rings. The van der Waals surface area contributed by atoms with E-state index in [0.29, 0.717) is 18.0 Å². The van der Waals surface area contributed by atoms with Crippen molar-refractivity contribution >= 4 is 23.0 Å². The number of rotatable bonds is 8. The number of hydrogen-bond donors (Lipinski definition) is 2. The smallest absolute Gasteiger partial charge is 0.353 e. The van der Waals surface area contributed by atoms with Gasteiger partial charge in [0.05, 0.1) is 23.3 Å². The third kappa shape index (κ3) is 4.35. The van der Waals surface area contributed by atoms with Crippen molar-refractivity contribution in [2.24, 2.45) is 0 Å². The average Bonchev–Trinajstić information content (AvgIpc) is 2.70. The lowest BCUT2D eigenvalue weighted by Crippen LogP contribution is -2.12. The summed E-state index contributed by atoms with van der Waals surface area (Å²) in [5.41, 5.74) is 1.36. The lowest BCUT2D eigenvalue weighted by Gasteiger charge is -2.16. The Morgan fingerprint density at radius 1 is 1.07 bits per heavy atom. The molecule has 0 saturated carbocycles. The van der Waals surface area contributed by atoms with Crippen molar-refractivity contribution in [2.45, 2.75) is 19.9 Å². The summed E-state index contributed by atoms with van der Waals surface area (Å²) in [4.78, 5) is 19.5. The second-order valence-corrected chi connectivity index (χ2v) is 6.01. The fourth-order valence-corrected chi connectivity index (χ4v) is 2.76. The molecule has 8 heteroatoms. The van der Waals surface area contributed by atoms with Gasteiger partial charge in [0.2, 0.25) is 11.6 Å². The number of benzene rings is 2. The molecule has 8 nitrogen and oxygen atoms in total. The summed E-state index contributed by atoms with van der Waals surface area (Å²) in [7, 11) is 0. The molecule has 3 rings (SSSR count). The summed E-state index contributed by atoms with van der Waals surface area (Å²) in [6.07, 6.45) is 1.29. The molecule has 0 amide bonds. The molecular weight excluding hydrogens is 358 g/mol. The van der Waals surface area contributed by atoms with Crippen LogP contribution in [-0.4, -0.2) is 21.5 Å². The van der Waals surface area contributed by atoms with E-state index in [1.807, 2.05) is 56.3 Å². The monoisotopic (exact) mass is 379 g/mol. The Hall–Kier alpha value is -3.68. The predicted molar refractivity (Wildman–Crippen MR) is 108 cm³/mol. The highest BCUT2D eigenvalue weighted by molar-refractivity contribution is 5.76. The zero-order chi connectivity index (χ0) is 19.9. The van der Waals surface area contributed by atoms with Crippen LogP contribution in [0.2, 0.25) is 0 Å². The molecule has 0 saturated heterocycles. The first-order valence-corrected chi connectivity index (χ1v) is 8.90. The molecule has 0 radical (unpaired) electrons. The zero-order valence-electron chi connectivity index (χ0n) is 15.6. The first-order chi connectivity index (χ1) is 13.6. The molecule has 2 aromatic carbocycles. The summed E-state index contributed by atoms with van der Waals surface area (Å²) < 4.78 is 5.57. The molecule has 1 heterocycles. The van der Waals surface area contributed by atoms with E-state index in [9.17, 15) is 10.1 Å². The molecule has 1 aromatic heterocycles. The fourth-order valence-electron chi connectivity index (χ4n) is 2.76. The summed E-state index contributed by atoms with van der Waals surface area (Å²) in [5, 5.41) is 17.9.